The molecule has 0 aromatic heterocycles. The molecular weight excluding hydrogens is 368 g/mol. The van der Waals surface area contributed by atoms with Gasteiger partial charge in [-0.3, -0.25) is 0 Å². The van der Waals surface area contributed by atoms with Crippen LogP contribution in [0, 0.1) is 0 Å². The normalized spacial score (nSPS) is 18.6. The van der Waals surface area contributed by atoms with E-state index >= 15 is 0 Å². The van der Waals surface area contributed by atoms with Crippen LogP contribution in [0.1, 0.15) is 52.0 Å². The third kappa shape index (κ3) is 2.18. The zero-order chi connectivity index (χ0) is 20.3. The fraction of sp³-hybridized carbons (Fsp3) is 0.208. The van der Waals surface area contributed by atoms with Gasteiger partial charge in [0.1, 0.15) is 23.0 Å². The standard InChI is InChI=1S/C24H20O5/c1-3-14-15(4-2)22-21(12-19(14)26)28-20-11-13(25)9-10-18(20)24(22)17-8-6-5-7-16(17)23(27)29-24/h5-12,25-26H,3-4H2,1-2H3. The van der Waals surface area contributed by atoms with Crippen LogP contribution in [0.25, 0.3) is 0 Å². The maximum Gasteiger partial charge on any atom is 0.340 e. The molecule has 5 heteroatoms. The second kappa shape index (κ2) is 6.01. The predicted octanol–water partition coefficient (Wildman–Crippen LogP) is 4.79. The highest BCUT2D eigenvalue weighted by Gasteiger charge is 2.54. The van der Waals surface area contributed by atoms with Crippen molar-refractivity contribution in [2.75, 3.05) is 0 Å². The molecule has 2 heterocycles. The van der Waals surface area contributed by atoms with Crippen LogP contribution in [-0.2, 0) is 23.2 Å². The van der Waals surface area contributed by atoms with E-state index in [0.717, 1.165) is 22.3 Å². The Labute approximate surface area is 168 Å². The lowest BCUT2D eigenvalue weighted by Gasteiger charge is -2.38. The van der Waals surface area contributed by atoms with Gasteiger partial charge in [-0.05, 0) is 42.2 Å². The highest BCUT2D eigenvalue weighted by atomic mass is 16.6. The Morgan fingerprint density at radius 1 is 0.897 bits per heavy atom. The van der Waals surface area contributed by atoms with E-state index in [0.29, 0.717) is 35.5 Å². The van der Waals surface area contributed by atoms with Crippen LogP contribution < -0.4 is 4.74 Å². The Morgan fingerprint density at radius 3 is 2.41 bits per heavy atom. The molecule has 3 aromatic rings. The SMILES string of the molecule is CCc1c(O)cc2c(c1CC)C1(OC(=O)c3ccccc31)c1ccc(O)cc1O2. The van der Waals surface area contributed by atoms with Gasteiger partial charge in [-0.15, -0.1) is 0 Å². The number of esters is 1. The van der Waals surface area contributed by atoms with Crippen molar-refractivity contribution in [3.63, 3.8) is 0 Å². The quantitative estimate of drug-likeness (QED) is 0.617. The van der Waals surface area contributed by atoms with Gasteiger partial charge in [0.15, 0.2) is 5.60 Å². The molecule has 29 heavy (non-hydrogen) atoms. The number of fused-ring (bicyclic) bond motifs is 6. The van der Waals surface area contributed by atoms with Gasteiger partial charge in [0, 0.05) is 23.3 Å². The molecule has 1 unspecified atom stereocenters. The summed E-state index contributed by atoms with van der Waals surface area (Å²) < 4.78 is 12.3. The lowest BCUT2D eigenvalue weighted by atomic mass is 9.74. The number of phenols is 2. The van der Waals surface area contributed by atoms with Gasteiger partial charge in [0.25, 0.3) is 0 Å². The molecule has 5 rings (SSSR count). The van der Waals surface area contributed by atoms with Crippen LogP contribution in [0.4, 0.5) is 0 Å². The Hall–Kier alpha value is -3.47. The van der Waals surface area contributed by atoms with Crippen LogP contribution in [0.5, 0.6) is 23.0 Å². The van der Waals surface area contributed by atoms with Crippen LogP contribution in [-0.4, -0.2) is 16.2 Å². The highest BCUT2D eigenvalue weighted by molar-refractivity contribution is 5.97. The third-order valence-electron chi connectivity index (χ3n) is 5.89. The molecule has 2 aliphatic heterocycles. The van der Waals surface area contributed by atoms with Crippen molar-refractivity contribution in [3.8, 4) is 23.0 Å². The fourth-order valence-electron chi connectivity index (χ4n) is 4.73. The number of phenolic OH excluding ortho intramolecular Hbond substituents is 2. The Balaban J connectivity index is 1.96. The molecule has 3 aromatic carbocycles. The van der Waals surface area contributed by atoms with Crippen LogP contribution in [0.2, 0.25) is 0 Å². The first-order valence-electron chi connectivity index (χ1n) is 9.73. The van der Waals surface area contributed by atoms with Gasteiger partial charge in [-0.1, -0.05) is 32.0 Å². The zero-order valence-corrected chi connectivity index (χ0v) is 16.2. The van der Waals surface area contributed by atoms with Gasteiger partial charge < -0.3 is 19.7 Å². The maximum absolute atomic E-state index is 12.9. The summed E-state index contributed by atoms with van der Waals surface area (Å²) in [6.45, 7) is 3.99. The summed E-state index contributed by atoms with van der Waals surface area (Å²) in [5.74, 6) is 0.622. The average Bonchev–Trinajstić information content (AvgIpc) is 3.00. The van der Waals surface area contributed by atoms with Gasteiger partial charge in [-0.25, -0.2) is 4.79 Å². The highest BCUT2D eigenvalue weighted by Crippen LogP contribution is 2.58. The summed E-state index contributed by atoms with van der Waals surface area (Å²) in [6.07, 6.45) is 1.27. The first-order valence-corrected chi connectivity index (χ1v) is 9.73. The summed E-state index contributed by atoms with van der Waals surface area (Å²) in [7, 11) is 0. The number of aromatic hydroxyl groups is 2. The van der Waals surface area contributed by atoms with E-state index in [4.69, 9.17) is 9.47 Å². The van der Waals surface area contributed by atoms with E-state index in [-0.39, 0.29) is 11.5 Å². The molecule has 146 valence electrons. The van der Waals surface area contributed by atoms with E-state index in [1.54, 1.807) is 24.3 Å². The van der Waals surface area contributed by atoms with Gasteiger partial charge in [0.2, 0.25) is 0 Å². The Morgan fingerprint density at radius 2 is 1.66 bits per heavy atom. The molecule has 0 saturated carbocycles. The van der Waals surface area contributed by atoms with E-state index in [2.05, 4.69) is 0 Å². The number of carbonyl (C=O) groups is 1. The molecule has 1 spiro atoms. The van der Waals surface area contributed by atoms with Crippen molar-refractivity contribution in [1.82, 2.24) is 0 Å². The number of hydrogen-bond donors (Lipinski definition) is 2. The van der Waals surface area contributed by atoms with E-state index in [9.17, 15) is 15.0 Å². The number of hydrogen-bond acceptors (Lipinski definition) is 5. The summed E-state index contributed by atoms with van der Waals surface area (Å²) >= 11 is 0. The lowest BCUT2D eigenvalue weighted by molar-refractivity contribution is 0.0221. The predicted molar refractivity (Wildman–Crippen MR) is 107 cm³/mol. The molecule has 5 nitrogen and oxygen atoms in total. The molecule has 0 aliphatic carbocycles. The number of ether oxygens (including phenoxy) is 2. The Kier molecular flexibility index (Phi) is 3.65. The Bertz CT molecular complexity index is 1180. The summed E-state index contributed by atoms with van der Waals surface area (Å²) in [5, 5.41) is 20.6. The monoisotopic (exact) mass is 388 g/mol. The molecule has 2 aliphatic rings. The number of rotatable bonds is 2. The van der Waals surface area contributed by atoms with E-state index in [1.807, 2.05) is 32.0 Å². The number of benzene rings is 3. The second-order valence-corrected chi connectivity index (χ2v) is 7.33. The van der Waals surface area contributed by atoms with Gasteiger partial charge >= 0.3 is 5.97 Å². The molecule has 0 bridgehead atoms. The van der Waals surface area contributed by atoms with E-state index in [1.165, 1.54) is 6.07 Å². The third-order valence-corrected chi connectivity index (χ3v) is 5.89. The average molecular weight is 388 g/mol. The van der Waals surface area contributed by atoms with Crippen molar-refractivity contribution in [2.45, 2.75) is 32.3 Å². The van der Waals surface area contributed by atoms with Crippen LogP contribution >= 0.6 is 0 Å². The lowest BCUT2D eigenvalue weighted by Crippen LogP contribution is -2.34. The van der Waals surface area contributed by atoms with E-state index < -0.39 is 11.6 Å². The smallest absolute Gasteiger partial charge is 0.340 e. The summed E-state index contributed by atoms with van der Waals surface area (Å²) in [6, 6.07) is 13.7. The second-order valence-electron chi connectivity index (χ2n) is 7.33. The van der Waals surface area contributed by atoms with Crippen LogP contribution in [0.3, 0.4) is 0 Å². The van der Waals surface area contributed by atoms with Gasteiger partial charge in [0.05, 0.1) is 11.1 Å². The topological polar surface area (TPSA) is 76.0 Å². The minimum atomic E-state index is -1.19. The molecule has 0 radical (unpaired) electrons. The van der Waals surface area contributed by atoms with Crippen molar-refractivity contribution >= 4 is 5.97 Å². The van der Waals surface area contributed by atoms with Crippen molar-refractivity contribution in [2.24, 2.45) is 0 Å². The fourth-order valence-corrected chi connectivity index (χ4v) is 4.73. The van der Waals surface area contributed by atoms with Gasteiger partial charge in [-0.2, -0.15) is 0 Å². The zero-order valence-electron chi connectivity index (χ0n) is 16.2. The van der Waals surface area contributed by atoms with Crippen molar-refractivity contribution in [3.05, 3.63) is 81.9 Å². The maximum atomic E-state index is 12.9. The minimum Gasteiger partial charge on any atom is -0.508 e. The summed E-state index contributed by atoms with van der Waals surface area (Å²) in [5.41, 5.74) is 3.18. The summed E-state index contributed by atoms with van der Waals surface area (Å²) in [4.78, 5) is 12.9. The largest absolute Gasteiger partial charge is 0.508 e. The molecule has 0 fully saturated rings. The molecule has 1 atom stereocenters. The molecule has 2 N–H and O–H groups in total. The van der Waals surface area contributed by atoms with Crippen molar-refractivity contribution < 1.29 is 24.5 Å². The van der Waals surface area contributed by atoms with Crippen LogP contribution in [0.15, 0.2) is 48.5 Å². The minimum absolute atomic E-state index is 0.0464. The van der Waals surface area contributed by atoms with Crippen molar-refractivity contribution in [1.29, 1.82) is 0 Å². The number of carbonyl (C=O) groups excluding carboxylic acids is 1. The molecular formula is C24H20O5. The molecule has 0 amide bonds. The molecule has 0 saturated heterocycles. The first kappa shape index (κ1) is 17.6. The first-order chi connectivity index (χ1) is 14.0.